The summed E-state index contributed by atoms with van der Waals surface area (Å²) >= 11 is 0. The van der Waals surface area contributed by atoms with Crippen LogP contribution in [0, 0.1) is 6.92 Å². The molecule has 0 aliphatic heterocycles. The molecule has 1 heterocycles. The van der Waals surface area contributed by atoms with E-state index in [2.05, 4.69) is 20.6 Å². The van der Waals surface area contributed by atoms with E-state index in [0.29, 0.717) is 23.4 Å². The molecule has 0 bridgehead atoms. The largest absolute Gasteiger partial charge is 0.478 e. The number of hydrogen-bond acceptors (Lipinski definition) is 5. The average molecular weight is 340 g/mol. The van der Waals surface area contributed by atoms with Gasteiger partial charge in [0.05, 0.1) is 11.3 Å². The molecule has 6 heteroatoms. The van der Waals surface area contributed by atoms with Crippen LogP contribution >= 0.6 is 0 Å². The fourth-order valence-corrected chi connectivity index (χ4v) is 3.26. The number of para-hydroxylation sites is 1. The van der Waals surface area contributed by atoms with Crippen molar-refractivity contribution in [3.63, 3.8) is 0 Å². The Morgan fingerprint density at radius 2 is 1.76 bits per heavy atom. The molecule has 0 saturated heterocycles. The number of rotatable bonds is 5. The van der Waals surface area contributed by atoms with E-state index in [0.717, 1.165) is 18.7 Å². The van der Waals surface area contributed by atoms with Gasteiger partial charge < -0.3 is 15.7 Å². The number of hydrogen-bond donors (Lipinski definition) is 3. The van der Waals surface area contributed by atoms with E-state index >= 15 is 0 Å². The Bertz CT molecular complexity index is 740. The molecule has 1 aromatic heterocycles. The molecular formula is C19H24N4O2. The molecule has 0 unspecified atom stereocenters. The van der Waals surface area contributed by atoms with Gasteiger partial charge in [-0.2, -0.15) is 0 Å². The van der Waals surface area contributed by atoms with Gasteiger partial charge in [0.15, 0.2) is 0 Å². The molecule has 1 saturated carbocycles. The second-order valence-corrected chi connectivity index (χ2v) is 6.49. The van der Waals surface area contributed by atoms with Gasteiger partial charge in [0.25, 0.3) is 0 Å². The predicted octanol–water partition coefficient (Wildman–Crippen LogP) is 4.36. The zero-order chi connectivity index (χ0) is 17.6. The first kappa shape index (κ1) is 17.2. The maximum atomic E-state index is 11.4. The summed E-state index contributed by atoms with van der Waals surface area (Å²) in [4.78, 5) is 20.2. The van der Waals surface area contributed by atoms with Crippen molar-refractivity contribution in [2.24, 2.45) is 0 Å². The van der Waals surface area contributed by atoms with Crippen LogP contribution in [0.2, 0.25) is 0 Å². The highest BCUT2D eigenvalue weighted by Gasteiger charge is 2.14. The van der Waals surface area contributed by atoms with Crippen LogP contribution in [0.5, 0.6) is 0 Å². The van der Waals surface area contributed by atoms with Crippen LogP contribution in [0.3, 0.4) is 0 Å². The smallest absolute Gasteiger partial charge is 0.337 e. The number of carboxylic acids is 1. The summed E-state index contributed by atoms with van der Waals surface area (Å²) in [6, 6.07) is 9.10. The molecule has 1 aliphatic carbocycles. The van der Waals surface area contributed by atoms with E-state index < -0.39 is 5.97 Å². The Morgan fingerprint density at radius 1 is 1.08 bits per heavy atom. The molecule has 0 spiro atoms. The first-order chi connectivity index (χ1) is 12.1. The average Bonchev–Trinajstić information content (AvgIpc) is 2.83. The highest BCUT2D eigenvalue weighted by atomic mass is 16.4. The SMILES string of the molecule is Cc1nc(Nc2ccccc2C(=O)O)cc(NC2CCCCCC2)n1. The van der Waals surface area contributed by atoms with Crippen LogP contribution in [-0.2, 0) is 0 Å². The number of aryl methyl sites for hydroxylation is 1. The Kier molecular flexibility index (Phi) is 5.48. The number of carboxylic acid groups (broad SMARTS) is 1. The van der Waals surface area contributed by atoms with Crippen LogP contribution < -0.4 is 10.6 Å². The summed E-state index contributed by atoms with van der Waals surface area (Å²) in [5, 5.41) is 15.9. The van der Waals surface area contributed by atoms with Crippen molar-refractivity contribution in [2.75, 3.05) is 10.6 Å². The lowest BCUT2D eigenvalue weighted by Crippen LogP contribution is -2.19. The van der Waals surface area contributed by atoms with Crippen LogP contribution in [0.15, 0.2) is 30.3 Å². The molecule has 1 aliphatic rings. The Morgan fingerprint density at radius 3 is 2.48 bits per heavy atom. The van der Waals surface area contributed by atoms with Gasteiger partial charge in [0.1, 0.15) is 17.5 Å². The molecule has 132 valence electrons. The minimum absolute atomic E-state index is 0.219. The highest BCUT2D eigenvalue weighted by Crippen LogP contribution is 2.24. The van der Waals surface area contributed by atoms with Crippen molar-refractivity contribution in [3.05, 3.63) is 41.7 Å². The normalized spacial score (nSPS) is 15.4. The monoisotopic (exact) mass is 340 g/mol. The summed E-state index contributed by atoms with van der Waals surface area (Å²) < 4.78 is 0. The van der Waals surface area contributed by atoms with Crippen molar-refractivity contribution in [1.82, 2.24) is 9.97 Å². The standard InChI is InChI=1S/C19H24N4O2/c1-13-20-17(22-14-8-4-2-3-5-9-14)12-18(21-13)23-16-11-7-6-10-15(16)19(24)25/h6-7,10-12,14H,2-5,8-9H2,1H3,(H,24,25)(H2,20,21,22,23). The molecule has 1 fully saturated rings. The van der Waals surface area contributed by atoms with Gasteiger partial charge in [-0.15, -0.1) is 0 Å². The molecule has 25 heavy (non-hydrogen) atoms. The van der Waals surface area contributed by atoms with Crippen LogP contribution in [-0.4, -0.2) is 27.1 Å². The number of benzene rings is 1. The van der Waals surface area contributed by atoms with E-state index in [9.17, 15) is 9.90 Å². The summed E-state index contributed by atoms with van der Waals surface area (Å²) in [6.07, 6.45) is 7.43. The molecule has 2 aromatic rings. The molecule has 6 nitrogen and oxygen atoms in total. The van der Waals surface area contributed by atoms with Crippen LogP contribution in [0.25, 0.3) is 0 Å². The van der Waals surface area contributed by atoms with Crippen molar-refractivity contribution in [1.29, 1.82) is 0 Å². The molecule has 0 radical (unpaired) electrons. The Hall–Kier alpha value is -2.63. The molecule has 1 aromatic carbocycles. The molecular weight excluding hydrogens is 316 g/mol. The zero-order valence-electron chi connectivity index (χ0n) is 14.5. The highest BCUT2D eigenvalue weighted by molar-refractivity contribution is 5.95. The Balaban J connectivity index is 1.78. The van der Waals surface area contributed by atoms with Gasteiger partial charge in [-0.25, -0.2) is 14.8 Å². The molecule has 3 rings (SSSR count). The van der Waals surface area contributed by atoms with Crippen molar-refractivity contribution >= 4 is 23.3 Å². The number of carbonyl (C=O) groups is 1. The maximum Gasteiger partial charge on any atom is 0.337 e. The first-order valence-corrected chi connectivity index (χ1v) is 8.83. The minimum Gasteiger partial charge on any atom is -0.478 e. The van der Waals surface area contributed by atoms with E-state index in [1.807, 2.05) is 13.0 Å². The summed E-state index contributed by atoms with van der Waals surface area (Å²) in [5.41, 5.74) is 0.741. The van der Waals surface area contributed by atoms with Gasteiger partial charge in [-0.1, -0.05) is 37.8 Å². The van der Waals surface area contributed by atoms with Gasteiger partial charge in [-0.05, 0) is 31.9 Å². The third kappa shape index (κ3) is 4.68. The minimum atomic E-state index is -0.967. The molecule has 0 amide bonds. The van der Waals surface area contributed by atoms with Gasteiger partial charge in [0, 0.05) is 12.1 Å². The topological polar surface area (TPSA) is 87.1 Å². The zero-order valence-corrected chi connectivity index (χ0v) is 14.5. The van der Waals surface area contributed by atoms with Crippen LogP contribution in [0.1, 0.15) is 54.7 Å². The number of aromatic carboxylic acids is 1. The van der Waals surface area contributed by atoms with Gasteiger partial charge in [-0.3, -0.25) is 0 Å². The van der Waals surface area contributed by atoms with E-state index in [4.69, 9.17) is 0 Å². The second kappa shape index (κ2) is 7.96. The van der Waals surface area contributed by atoms with E-state index in [1.54, 1.807) is 24.3 Å². The number of aromatic nitrogens is 2. The maximum absolute atomic E-state index is 11.4. The fourth-order valence-electron chi connectivity index (χ4n) is 3.26. The predicted molar refractivity (Wildman–Crippen MR) is 98.6 cm³/mol. The lowest BCUT2D eigenvalue weighted by Gasteiger charge is -2.18. The number of nitrogens with zero attached hydrogens (tertiary/aromatic N) is 2. The first-order valence-electron chi connectivity index (χ1n) is 8.83. The second-order valence-electron chi connectivity index (χ2n) is 6.49. The van der Waals surface area contributed by atoms with Crippen LogP contribution in [0.4, 0.5) is 17.3 Å². The number of nitrogens with one attached hydrogen (secondary N) is 2. The quantitative estimate of drug-likeness (QED) is 0.701. The summed E-state index contributed by atoms with van der Waals surface area (Å²) in [6.45, 7) is 1.84. The van der Waals surface area contributed by atoms with Crippen molar-refractivity contribution in [2.45, 2.75) is 51.5 Å². The molecule has 0 atom stereocenters. The van der Waals surface area contributed by atoms with E-state index in [1.165, 1.54) is 25.7 Å². The number of anilines is 3. The lowest BCUT2D eigenvalue weighted by atomic mass is 10.1. The van der Waals surface area contributed by atoms with E-state index in [-0.39, 0.29) is 5.56 Å². The van der Waals surface area contributed by atoms with Crippen molar-refractivity contribution in [3.8, 4) is 0 Å². The van der Waals surface area contributed by atoms with Crippen molar-refractivity contribution < 1.29 is 9.90 Å². The summed E-state index contributed by atoms with van der Waals surface area (Å²) in [7, 11) is 0. The lowest BCUT2D eigenvalue weighted by molar-refractivity contribution is 0.0698. The third-order valence-electron chi connectivity index (χ3n) is 4.47. The Labute approximate surface area is 147 Å². The van der Waals surface area contributed by atoms with Gasteiger partial charge in [0.2, 0.25) is 0 Å². The third-order valence-corrected chi connectivity index (χ3v) is 4.47. The van der Waals surface area contributed by atoms with Gasteiger partial charge >= 0.3 is 5.97 Å². The fraction of sp³-hybridized carbons (Fsp3) is 0.421. The summed E-state index contributed by atoms with van der Waals surface area (Å²) in [5.74, 6) is 1.06. The molecule has 3 N–H and O–H groups in total.